The number of benzene rings is 2. The third-order valence-corrected chi connectivity index (χ3v) is 3.99. The van der Waals surface area contributed by atoms with Gasteiger partial charge in [0.25, 0.3) is 5.91 Å². The lowest BCUT2D eigenvalue weighted by Gasteiger charge is -2.11. The molecule has 0 saturated heterocycles. The number of methoxy groups -OCH3 is 1. The summed E-state index contributed by atoms with van der Waals surface area (Å²) in [4.78, 5) is 29.7. The monoisotopic (exact) mass is 408 g/mol. The predicted molar refractivity (Wildman–Crippen MR) is 95.1 cm³/mol. The molecule has 0 bridgehead atoms. The third-order valence-electron chi connectivity index (χ3n) is 3.99. The Morgan fingerprint density at radius 3 is 2.62 bits per heavy atom. The quantitative estimate of drug-likeness (QED) is 0.652. The minimum atomic E-state index is -4.54. The molecule has 3 aromatic rings. The van der Waals surface area contributed by atoms with Gasteiger partial charge in [-0.2, -0.15) is 13.2 Å². The second kappa shape index (κ2) is 7.78. The summed E-state index contributed by atoms with van der Waals surface area (Å²) in [7, 11) is 1.24. The van der Waals surface area contributed by atoms with E-state index in [1.54, 1.807) is 19.1 Å². The fourth-order valence-corrected chi connectivity index (χ4v) is 2.48. The van der Waals surface area contributed by atoms with Crippen molar-refractivity contribution in [2.75, 3.05) is 19.0 Å². The zero-order valence-corrected chi connectivity index (χ0v) is 15.3. The van der Waals surface area contributed by atoms with Crippen molar-refractivity contribution < 1.29 is 32.3 Å². The van der Waals surface area contributed by atoms with Crippen LogP contribution in [0.15, 0.2) is 36.4 Å². The van der Waals surface area contributed by atoms with Gasteiger partial charge in [-0.3, -0.25) is 4.79 Å². The number of ether oxygens (including phenoxy) is 1. The van der Waals surface area contributed by atoms with Gasteiger partial charge < -0.3 is 14.9 Å². The molecule has 0 aliphatic heterocycles. The van der Waals surface area contributed by atoms with E-state index in [1.807, 2.05) is 0 Å². The molecule has 2 aromatic carbocycles. The van der Waals surface area contributed by atoms with Gasteiger partial charge in [0.05, 0.1) is 18.2 Å². The zero-order chi connectivity index (χ0) is 21.2. The lowest BCUT2D eigenvalue weighted by atomic mass is 10.1. The lowest BCUT2D eigenvalue weighted by molar-refractivity contribution is -0.137. The van der Waals surface area contributed by atoms with E-state index in [2.05, 4.69) is 20.4 Å². The van der Waals surface area contributed by atoms with Crippen LogP contribution in [-0.2, 0) is 15.7 Å². The van der Waals surface area contributed by atoms with Gasteiger partial charge in [-0.25, -0.2) is 4.79 Å². The summed E-state index contributed by atoms with van der Waals surface area (Å²) < 4.78 is 43.3. The Labute approximate surface area is 162 Å². The fourth-order valence-electron chi connectivity index (χ4n) is 2.48. The fraction of sp³-hybridized carbons (Fsp3) is 0.222. The highest BCUT2D eigenvalue weighted by Gasteiger charge is 2.31. The number of rotatable bonds is 5. The third kappa shape index (κ3) is 4.45. The highest BCUT2D eigenvalue weighted by molar-refractivity contribution is 5.95. The van der Waals surface area contributed by atoms with Crippen LogP contribution in [-0.4, -0.2) is 40.8 Å². The number of nitrogens with one attached hydrogen (secondary N) is 1. The first-order valence-electron chi connectivity index (χ1n) is 8.24. The van der Waals surface area contributed by atoms with Crippen LogP contribution >= 0.6 is 0 Å². The summed E-state index contributed by atoms with van der Waals surface area (Å²) >= 11 is 0. The number of halogens is 3. The normalized spacial score (nSPS) is 11.3. The van der Waals surface area contributed by atoms with Crippen LogP contribution in [0, 0.1) is 6.92 Å². The number of esters is 1. The van der Waals surface area contributed by atoms with Gasteiger partial charge in [-0.1, -0.05) is 10.9 Å². The Hall–Kier alpha value is -3.63. The van der Waals surface area contributed by atoms with E-state index in [9.17, 15) is 22.8 Å². The van der Waals surface area contributed by atoms with Crippen molar-refractivity contribution >= 4 is 28.6 Å². The highest BCUT2D eigenvalue weighted by Crippen LogP contribution is 2.30. The molecule has 1 heterocycles. The number of alkyl halides is 3. The Morgan fingerprint density at radius 2 is 1.93 bits per heavy atom. The van der Waals surface area contributed by atoms with E-state index >= 15 is 0 Å². The number of carbonyl (C=O) groups is 2. The average molecular weight is 408 g/mol. The molecule has 1 aromatic heterocycles. The van der Waals surface area contributed by atoms with Crippen LogP contribution in [0.3, 0.4) is 0 Å². The van der Waals surface area contributed by atoms with Crippen molar-refractivity contribution in [3.8, 4) is 0 Å². The van der Waals surface area contributed by atoms with Crippen LogP contribution in [0.1, 0.15) is 21.5 Å². The summed E-state index contributed by atoms with van der Waals surface area (Å²) in [5, 5.41) is 9.86. The Bertz CT molecular complexity index is 1080. The number of aryl methyl sites for hydroxylation is 1. The smallest absolute Gasteiger partial charge is 0.416 e. The molecule has 1 N–H and O–H groups in total. The minimum Gasteiger partial charge on any atom is -0.465 e. The van der Waals surface area contributed by atoms with Crippen molar-refractivity contribution in [2.45, 2.75) is 13.1 Å². The van der Waals surface area contributed by atoms with Gasteiger partial charge >= 0.3 is 12.1 Å². The molecular formula is C18H15F3N4O4. The van der Waals surface area contributed by atoms with E-state index in [0.29, 0.717) is 11.3 Å². The molecule has 0 atom stereocenters. The molecule has 0 aliphatic rings. The van der Waals surface area contributed by atoms with Gasteiger partial charge in [-0.05, 0) is 48.0 Å². The van der Waals surface area contributed by atoms with Gasteiger partial charge in [0.1, 0.15) is 11.0 Å². The second-order valence-electron chi connectivity index (χ2n) is 6.01. The summed E-state index contributed by atoms with van der Waals surface area (Å²) in [5.41, 5.74) is 0.556. The summed E-state index contributed by atoms with van der Waals surface area (Å²) in [6.45, 7) is 1.18. The van der Waals surface area contributed by atoms with E-state index in [4.69, 9.17) is 4.84 Å². The molecule has 0 unspecified atom stereocenters. The van der Waals surface area contributed by atoms with Crippen molar-refractivity contribution in [1.29, 1.82) is 0 Å². The average Bonchev–Trinajstić information content (AvgIpc) is 3.09. The lowest BCUT2D eigenvalue weighted by Crippen LogP contribution is -2.26. The Kier molecular flexibility index (Phi) is 5.39. The van der Waals surface area contributed by atoms with Gasteiger partial charge in [-0.15, -0.1) is 5.10 Å². The van der Waals surface area contributed by atoms with Gasteiger partial charge in [0, 0.05) is 5.69 Å². The maximum absolute atomic E-state index is 12.9. The summed E-state index contributed by atoms with van der Waals surface area (Å²) in [6.07, 6.45) is -4.54. The maximum Gasteiger partial charge on any atom is 0.416 e. The molecule has 152 valence electrons. The predicted octanol–water partition coefficient (Wildman–Crippen LogP) is 2.61. The van der Waals surface area contributed by atoms with E-state index in [1.165, 1.54) is 13.2 Å². The van der Waals surface area contributed by atoms with Gasteiger partial charge in [0.15, 0.2) is 6.61 Å². The molecule has 0 saturated carbocycles. The van der Waals surface area contributed by atoms with Crippen LogP contribution in [0.2, 0.25) is 0 Å². The van der Waals surface area contributed by atoms with Crippen molar-refractivity contribution in [3.63, 3.8) is 0 Å². The molecule has 0 radical (unpaired) electrons. The standard InChI is InChI=1S/C18H15F3N4O4/c1-10-3-4-11(17(27)28-2)7-14(10)22-16(26)9-29-25-15-8-12(18(19,20)21)5-6-13(15)23-24-25/h3-8H,9H2,1-2H3,(H,22,26). The van der Waals surface area contributed by atoms with Gasteiger partial charge in [0.2, 0.25) is 0 Å². The van der Waals surface area contributed by atoms with Crippen molar-refractivity contribution in [1.82, 2.24) is 15.2 Å². The molecule has 0 aliphatic carbocycles. The summed E-state index contributed by atoms with van der Waals surface area (Å²) in [5.74, 6) is -1.17. The Balaban J connectivity index is 1.72. The molecule has 8 nitrogen and oxygen atoms in total. The molecule has 1 amide bonds. The van der Waals surface area contributed by atoms with Crippen molar-refractivity contribution in [3.05, 3.63) is 53.1 Å². The number of hydrogen-bond donors (Lipinski definition) is 1. The van der Waals surface area contributed by atoms with Crippen LogP contribution in [0.5, 0.6) is 0 Å². The van der Waals surface area contributed by atoms with Crippen molar-refractivity contribution in [2.24, 2.45) is 0 Å². The number of anilines is 1. The SMILES string of the molecule is COC(=O)c1ccc(C)c(NC(=O)COn2nnc3ccc(C(F)(F)F)cc32)c1. The Morgan fingerprint density at radius 1 is 1.17 bits per heavy atom. The second-order valence-corrected chi connectivity index (χ2v) is 6.01. The summed E-state index contributed by atoms with van der Waals surface area (Å²) in [6, 6.07) is 7.49. The van der Waals surface area contributed by atoms with Crippen LogP contribution in [0.25, 0.3) is 11.0 Å². The number of aromatic nitrogens is 3. The maximum atomic E-state index is 12.9. The number of amides is 1. The molecule has 0 spiro atoms. The van der Waals surface area contributed by atoms with E-state index < -0.39 is 30.2 Å². The number of nitrogens with zero attached hydrogens (tertiary/aromatic N) is 3. The number of hydrogen-bond acceptors (Lipinski definition) is 6. The first-order valence-corrected chi connectivity index (χ1v) is 8.24. The molecule has 11 heteroatoms. The number of carbonyl (C=O) groups excluding carboxylic acids is 2. The molecule has 29 heavy (non-hydrogen) atoms. The minimum absolute atomic E-state index is 0.0310. The van der Waals surface area contributed by atoms with Crippen LogP contribution < -0.4 is 10.2 Å². The first-order chi connectivity index (χ1) is 13.7. The van der Waals surface area contributed by atoms with Crippen LogP contribution in [0.4, 0.5) is 18.9 Å². The number of fused-ring (bicyclic) bond motifs is 1. The first kappa shape index (κ1) is 20.1. The highest BCUT2D eigenvalue weighted by atomic mass is 19.4. The molecule has 0 fully saturated rings. The molecular weight excluding hydrogens is 393 g/mol. The largest absolute Gasteiger partial charge is 0.465 e. The van der Waals surface area contributed by atoms with E-state index in [-0.39, 0.29) is 16.6 Å². The topological polar surface area (TPSA) is 95.3 Å². The van der Waals surface area contributed by atoms with E-state index in [0.717, 1.165) is 23.0 Å². The molecule has 3 rings (SSSR count). The zero-order valence-electron chi connectivity index (χ0n) is 15.3.